The molecule has 16 heavy (non-hydrogen) atoms. The molecule has 0 aliphatic rings. The highest BCUT2D eigenvalue weighted by Gasteiger charge is 2.14. The van der Waals surface area contributed by atoms with E-state index in [0.29, 0.717) is 23.0 Å². The fourth-order valence-corrected chi connectivity index (χ4v) is 2.32. The molecule has 0 spiro atoms. The van der Waals surface area contributed by atoms with Gasteiger partial charge >= 0.3 is 0 Å². The molecule has 1 rings (SSSR count). The van der Waals surface area contributed by atoms with E-state index in [4.69, 9.17) is 11.6 Å². The molecule has 0 aliphatic heterocycles. The maximum absolute atomic E-state index is 11.7. The van der Waals surface area contributed by atoms with Crippen molar-refractivity contribution in [3.05, 3.63) is 10.6 Å². The molecule has 1 unspecified atom stereocenters. The second-order valence-electron chi connectivity index (χ2n) is 4.12. The number of halogens is 1. The number of alkyl halides is 1. The number of carbonyl (C=O) groups is 1. The van der Waals surface area contributed by atoms with Gasteiger partial charge in [0, 0.05) is 6.54 Å². The Balaban J connectivity index is 2.39. The third-order valence-electron chi connectivity index (χ3n) is 2.07. The Labute approximate surface area is 105 Å². The predicted molar refractivity (Wildman–Crippen MR) is 66.1 cm³/mol. The van der Waals surface area contributed by atoms with Gasteiger partial charge < -0.3 is 5.32 Å². The smallest absolute Gasteiger partial charge is 0.264 e. The molecule has 0 radical (unpaired) electrons. The summed E-state index contributed by atoms with van der Waals surface area (Å²) in [6.07, 6.45) is 0.891. The highest BCUT2D eigenvalue weighted by molar-refractivity contribution is 7.07. The van der Waals surface area contributed by atoms with E-state index in [-0.39, 0.29) is 11.3 Å². The quantitative estimate of drug-likeness (QED) is 0.827. The van der Waals surface area contributed by atoms with E-state index in [1.165, 1.54) is 0 Å². The predicted octanol–water partition coefficient (Wildman–Crippen LogP) is 2.23. The highest BCUT2D eigenvalue weighted by atomic mass is 35.5. The molecule has 1 amide bonds. The van der Waals surface area contributed by atoms with Gasteiger partial charge in [-0.25, -0.2) is 0 Å². The number of carbonyl (C=O) groups excluding carboxylic acids is 1. The van der Waals surface area contributed by atoms with E-state index in [1.54, 1.807) is 6.92 Å². The number of aryl methyl sites for hydroxylation is 1. The van der Waals surface area contributed by atoms with Gasteiger partial charge in [-0.3, -0.25) is 4.79 Å². The van der Waals surface area contributed by atoms with Crippen molar-refractivity contribution in [2.24, 2.45) is 5.92 Å². The first-order chi connectivity index (χ1) is 7.50. The van der Waals surface area contributed by atoms with Crippen LogP contribution >= 0.6 is 23.1 Å². The van der Waals surface area contributed by atoms with Crippen LogP contribution in [0.25, 0.3) is 0 Å². The van der Waals surface area contributed by atoms with Crippen LogP contribution in [0.3, 0.4) is 0 Å². The summed E-state index contributed by atoms with van der Waals surface area (Å²) in [6, 6.07) is 0. The van der Waals surface area contributed by atoms with E-state index < -0.39 is 0 Å². The number of rotatable bonds is 5. The minimum atomic E-state index is -0.137. The molecule has 0 aliphatic carbocycles. The summed E-state index contributed by atoms with van der Waals surface area (Å²) >= 11 is 7.19. The molecular formula is C10H16ClN3OS. The lowest BCUT2D eigenvalue weighted by atomic mass is 10.1. The molecule has 6 heteroatoms. The molecule has 0 bridgehead atoms. The van der Waals surface area contributed by atoms with Crippen LogP contribution in [0.15, 0.2) is 0 Å². The van der Waals surface area contributed by atoms with Crippen molar-refractivity contribution in [2.45, 2.75) is 32.6 Å². The van der Waals surface area contributed by atoms with Gasteiger partial charge in [-0.1, -0.05) is 18.3 Å². The lowest BCUT2D eigenvalue weighted by Crippen LogP contribution is -2.30. The Morgan fingerprint density at radius 3 is 2.75 bits per heavy atom. The zero-order valence-electron chi connectivity index (χ0n) is 9.66. The van der Waals surface area contributed by atoms with E-state index in [2.05, 4.69) is 28.8 Å². The molecule has 1 aromatic heterocycles. The van der Waals surface area contributed by atoms with E-state index >= 15 is 0 Å². The summed E-state index contributed by atoms with van der Waals surface area (Å²) < 4.78 is 3.72. The SMILES string of the molecule is Cc1nnsc1C(=O)NCC(Cl)CC(C)C. The monoisotopic (exact) mass is 261 g/mol. The first-order valence-corrected chi connectivity index (χ1v) is 6.43. The number of aromatic nitrogens is 2. The van der Waals surface area contributed by atoms with E-state index in [1.807, 2.05) is 0 Å². The molecule has 4 nitrogen and oxygen atoms in total. The van der Waals surface area contributed by atoms with Crippen LogP contribution in [0.1, 0.15) is 35.6 Å². The summed E-state index contributed by atoms with van der Waals surface area (Å²) in [5.74, 6) is 0.396. The molecule has 0 saturated carbocycles. The summed E-state index contributed by atoms with van der Waals surface area (Å²) in [5.41, 5.74) is 0.664. The molecule has 1 heterocycles. The maximum Gasteiger partial charge on any atom is 0.264 e. The van der Waals surface area contributed by atoms with Crippen LogP contribution in [-0.2, 0) is 0 Å². The van der Waals surface area contributed by atoms with Gasteiger partial charge in [-0.2, -0.15) is 0 Å². The first-order valence-electron chi connectivity index (χ1n) is 5.22. The van der Waals surface area contributed by atoms with Crippen LogP contribution in [0.2, 0.25) is 0 Å². The standard InChI is InChI=1S/C10H16ClN3OS/c1-6(2)4-8(11)5-12-10(15)9-7(3)13-14-16-9/h6,8H,4-5H2,1-3H3,(H,12,15). The number of hydrogen-bond donors (Lipinski definition) is 1. The fraction of sp³-hybridized carbons (Fsp3) is 0.700. The van der Waals surface area contributed by atoms with Crippen molar-refractivity contribution in [3.63, 3.8) is 0 Å². The molecule has 1 atom stereocenters. The Morgan fingerprint density at radius 1 is 1.56 bits per heavy atom. The second-order valence-corrected chi connectivity index (χ2v) is 5.50. The van der Waals surface area contributed by atoms with Gasteiger partial charge in [0.2, 0.25) is 0 Å². The van der Waals surface area contributed by atoms with Gasteiger partial charge in [0.15, 0.2) is 0 Å². The van der Waals surface area contributed by atoms with Gasteiger partial charge in [-0.15, -0.1) is 16.7 Å². The molecule has 0 fully saturated rings. The Hall–Kier alpha value is -0.680. The van der Waals surface area contributed by atoms with Crippen molar-refractivity contribution in [3.8, 4) is 0 Å². The van der Waals surface area contributed by atoms with Crippen LogP contribution in [0.5, 0.6) is 0 Å². The number of hydrogen-bond acceptors (Lipinski definition) is 4. The average Bonchev–Trinajstić information content (AvgIpc) is 2.60. The largest absolute Gasteiger partial charge is 0.350 e. The van der Waals surface area contributed by atoms with Crippen LogP contribution in [0, 0.1) is 12.8 Å². The first kappa shape index (κ1) is 13.4. The van der Waals surface area contributed by atoms with Crippen LogP contribution in [0.4, 0.5) is 0 Å². The van der Waals surface area contributed by atoms with E-state index in [0.717, 1.165) is 18.0 Å². The highest BCUT2D eigenvalue weighted by Crippen LogP contribution is 2.11. The summed E-state index contributed by atoms with van der Waals surface area (Å²) in [7, 11) is 0. The summed E-state index contributed by atoms with van der Waals surface area (Å²) in [5, 5.41) is 6.56. The molecule has 1 N–H and O–H groups in total. The maximum atomic E-state index is 11.7. The molecular weight excluding hydrogens is 246 g/mol. The third-order valence-corrected chi connectivity index (χ3v) is 3.23. The van der Waals surface area contributed by atoms with Crippen molar-refractivity contribution < 1.29 is 4.79 Å². The van der Waals surface area contributed by atoms with Crippen molar-refractivity contribution >= 4 is 29.0 Å². The van der Waals surface area contributed by atoms with Crippen LogP contribution in [-0.4, -0.2) is 27.4 Å². The fourth-order valence-electron chi connectivity index (χ4n) is 1.32. The molecule has 1 aromatic rings. The van der Waals surface area contributed by atoms with Gasteiger partial charge in [-0.05, 0) is 30.8 Å². The number of nitrogens with one attached hydrogen (secondary N) is 1. The second kappa shape index (κ2) is 6.15. The van der Waals surface area contributed by atoms with Crippen molar-refractivity contribution in [1.82, 2.24) is 14.9 Å². The lowest BCUT2D eigenvalue weighted by Gasteiger charge is -2.12. The Kier molecular flexibility index (Phi) is 5.15. The lowest BCUT2D eigenvalue weighted by molar-refractivity contribution is 0.0956. The topological polar surface area (TPSA) is 54.9 Å². The number of amides is 1. The molecule has 0 aromatic carbocycles. The molecule has 0 saturated heterocycles. The van der Waals surface area contributed by atoms with Gasteiger partial charge in [0.05, 0.1) is 11.1 Å². The molecule has 90 valence electrons. The Bertz CT molecular complexity index is 354. The third kappa shape index (κ3) is 4.06. The number of nitrogens with zero attached hydrogens (tertiary/aromatic N) is 2. The summed E-state index contributed by atoms with van der Waals surface area (Å²) in [6.45, 7) is 6.46. The zero-order chi connectivity index (χ0) is 12.1. The van der Waals surface area contributed by atoms with Crippen molar-refractivity contribution in [2.75, 3.05) is 6.54 Å². The Morgan fingerprint density at radius 2 is 2.25 bits per heavy atom. The van der Waals surface area contributed by atoms with Gasteiger partial charge in [0.1, 0.15) is 4.88 Å². The average molecular weight is 262 g/mol. The zero-order valence-corrected chi connectivity index (χ0v) is 11.2. The summed E-state index contributed by atoms with van der Waals surface area (Å²) in [4.78, 5) is 12.2. The normalized spacial score (nSPS) is 12.8. The van der Waals surface area contributed by atoms with Gasteiger partial charge in [0.25, 0.3) is 5.91 Å². The van der Waals surface area contributed by atoms with Crippen LogP contribution < -0.4 is 5.32 Å². The minimum absolute atomic E-state index is 0.0230. The minimum Gasteiger partial charge on any atom is -0.350 e. The van der Waals surface area contributed by atoms with Crippen molar-refractivity contribution in [1.29, 1.82) is 0 Å². The van der Waals surface area contributed by atoms with E-state index in [9.17, 15) is 4.79 Å².